The zero-order chi connectivity index (χ0) is 18.4. The number of halogens is 2. The van der Waals surface area contributed by atoms with Crippen LogP contribution in [0, 0.1) is 0 Å². The first-order valence-corrected chi connectivity index (χ1v) is 17.4. The fourth-order valence-electron chi connectivity index (χ4n) is 3.01. The van der Waals surface area contributed by atoms with Crippen molar-refractivity contribution in [1.29, 1.82) is 0 Å². The number of hydrogen-bond donors (Lipinski definition) is 0. The molecule has 0 amide bonds. The van der Waals surface area contributed by atoms with Gasteiger partial charge in [0.05, 0.1) is 0 Å². The van der Waals surface area contributed by atoms with Crippen molar-refractivity contribution >= 4 is 37.5 Å². The van der Waals surface area contributed by atoms with Gasteiger partial charge in [-0.2, -0.15) is 0 Å². The van der Waals surface area contributed by atoms with Crippen molar-refractivity contribution in [3.8, 4) is 5.75 Å². The van der Waals surface area contributed by atoms with Crippen LogP contribution >= 0.6 is 17.9 Å². The molecule has 2 aromatic rings. The van der Waals surface area contributed by atoms with Crippen LogP contribution in [0.2, 0.25) is 4.47 Å². The molecule has 1 fully saturated rings. The Morgan fingerprint density at radius 1 is 1.00 bits per heavy atom. The summed E-state index contributed by atoms with van der Waals surface area (Å²) in [5, 5.41) is 0. The molecule has 2 unspecified atom stereocenters. The third-order valence-corrected chi connectivity index (χ3v) is 13.5. The van der Waals surface area contributed by atoms with Gasteiger partial charge < -0.3 is 0 Å². The van der Waals surface area contributed by atoms with Crippen LogP contribution < -0.4 is 8.35 Å². The molecular formula is C20H24Cl2O3Te. The molecule has 1 aliphatic rings. The molecule has 0 radical (unpaired) electrons. The summed E-state index contributed by atoms with van der Waals surface area (Å²) in [6.07, 6.45) is 2.24. The zero-order valence-corrected chi connectivity index (χ0v) is 18.6. The van der Waals surface area contributed by atoms with Gasteiger partial charge in [-0.25, -0.2) is 0 Å². The van der Waals surface area contributed by atoms with E-state index in [0.29, 0.717) is 13.2 Å². The molecule has 0 saturated carbocycles. The van der Waals surface area contributed by atoms with Crippen molar-refractivity contribution in [2.45, 2.75) is 36.1 Å². The first-order valence-electron chi connectivity index (χ1n) is 8.68. The summed E-state index contributed by atoms with van der Waals surface area (Å²) in [6.45, 7) is 1.23. The zero-order valence-electron chi connectivity index (χ0n) is 14.8. The van der Waals surface area contributed by atoms with E-state index in [2.05, 4.69) is 12.1 Å². The number of benzene rings is 2. The number of ether oxygens (including phenoxy) is 3. The normalized spacial score (nSPS) is 20.9. The van der Waals surface area contributed by atoms with Crippen LogP contribution in [0.15, 0.2) is 54.6 Å². The maximum atomic E-state index is 6.77. The summed E-state index contributed by atoms with van der Waals surface area (Å²) >= 11 is -3.16. The third-order valence-electron chi connectivity index (χ3n) is 4.41. The predicted octanol–water partition coefficient (Wildman–Crippen LogP) is 4.59. The van der Waals surface area contributed by atoms with E-state index >= 15 is 0 Å². The van der Waals surface area contributed by atoms with Gasteiger partial charge in [0.1, 0.15) is 0 Å². The standard InChI is InChI=1S/C20H24Cl2O3Te/c1-23-17-9-11-20(12-10-17)26(21,22)15-19-8-7-18(25-19)14-24-13-16-5-3-2-4-6-16/h2-6,9-12,18-19H,7-8,13-15H2,1H3. The van der Waals surface area contributed by atoms with E-state index in [-0.39, 0.29) is 12.2 Å². The van der Waals surface area contributed by atoms with E-state index in [4.69, 9.17) is 32.1 Å². The Balaban J connectivity index is 1.45. The molecule has 3 rings (SSSR count). The second-order valence-corrected chi connectivity index (χ2v) is 20.1. The first-order chi connectivity index (χ1) is 12.6. The SMILES string of the molecule is COc1ccc([Te](Cl)(Cl)CC2CCC(COCc3ccccc3)O2)cc1. The van der Waals surface area contributed by atoms with Crippen LogP contribution in [0.3, 0.4) is 0 Å². The van der Waals surface area contributed by atoms with Gasteiger partial charge in [-0.05, 0) is 0 Å². The third kappa shape index (κ3) is 5.76. The molecule has 142 valence electrons. The van der Waals surface area contributed by atoms with E-state index in [0.717, 1.165) is 26.7 Å². The molecule has 26 heavy (non-hydrogen) atoms. The van der Waals surface area contributed by atoms with E-state index in [1.165, 1.54) is 5.56 Å². The summed E-state index contributed by atoms with van der Waals surface area (Å²) in [7, 11) is 15.2. The molecule has 1 saturated heterocycles. The van der Waals surface area contributed by atoms with Crippen molar-refractivity contribution < 1.29 is 14.2 Å². The second-order valence-electron chi connectivity index (χ2n) is 6.38. The van der Waals surface area contributed by atoms with E-state index in [9.17, 15) is 0 Å². The molecule has 2 atom stereocenters. The Hall–Kier alpha value is -0.470. The Bertz CT molecular complexity index is 679. The summed E-state index contributed by atoms with van der Waals surface area (Å²) in [6, 6.07) is 18.0. The molecule has 6 heteroatoms. The predicted molar refractivity (Wildman–Crippen MR) is 109 cm³/mol. The molecule has 0 aromatic heterocycles. The van der Waals surface area contributed by atoms with Crippen LogP contribution in [-0.2, 0) is 16.1 Å². The summed E-state index contributed by atoms with van der Waals surface area (Å²) < 4.78 is 18.9. The summed E-state index contributed by atoms with van der Waals surface area (Å²) in [4.78, 5) is 0. The Kier molecular flexibility index (Phi) is 7.52. The summed E-state index contributed by atoms with van der Waals surface area (Å²) in [5.41, 5.74) is 1.18. The van der Waals surface area contributed by atoms with Crippen LogP contribution in [0.25, 0.3) is 0 Å². The fourth-order valence-corrected chi connectivity index (χ4v) is 10.4. The van der Waals surface area contributed by atoms with Crippen molar-refractivity contribution in [3.05, 3.63) is 60.2 Å². The molecule has 1 aliphatic heterocycles. The van der Waals surface area contributed by atoms with Crippen molar-refractivity contribution in [3.63, 3.8) is 0 Å². The monoisotopic (exact) mass is 512 g/mol. The van der Waals surface area contributed by atoms with Crippen LogP contribution in [-0.4, -0.2) is 41.9 Å². The van der Waals surface area contributed by atoms with Gasteiger partial charge in [0, 0.05) is 0 Å². The second kappa shape index (κ2) is 9.64. The molecule has 2 aromatic carbocycles. The topological polar surface area (TPSA) is 27.7 Å². The van der Waals surface area contributed by atoms with E-state index < -0.39 is 15.9 Å². The minimum absolute atomic E-state index is 0.124. The van der Waals surface area contributed by atoms with Gasteiger partial charge in [-0.15, -0.1) is 0 Å². The van der Waals surface area contributed by atoms with Crippen LogP contribution in [0.4, 0.5) is 0 Å². The molecular weight excluding hydrogens is 487 g/mol. The first kappa shape index (κ1) is 20.3. The molecule has 0 bridgehead atoms. The average Bonchev–Trinajstić information content (AvgIpc) is 3.09. The van der Waals surface area contributed by atoms with Gasteiger partial charge >= 0.3 is 167 Å². The summed E-state index contributed by atoms with van der Waals surface area (Å²) in [5.74, 6) is 0.813. The molecule has 0 aliphatic carbocycles. The van der Waals surface area contributed by atoms with Crippen molar-refractivity contribution in [2.75, 3.05) is 13.7 Å². The van der Waals surface area contributed by atoms with E-state index in [1.807, 2.05) is 42.5 Å². The number of rotatable bonds is 8. The number of hydrogen-bond acceptors (Lipinski definition) is 3. The molecule has 1 heterocycles. The molecule has 3 nitrogen and oxygen atoms in total. The average molecular weight is 511 g/mol. The van der Waals surface area contributed by atoms with Gasteiger partial charge in [0.25, 0.3) is 0 Å². The minimum atomic E-state index is -3.16. The van der Waals surface area contributed by atoms with Crippen LogP contribution in [0.5, 0.6) is 5.75 Å². The van der Waals surface area contributed by atoms with Crippen molar-refractivity contribution in [1.82, 2.24) is 0 Å². The van der Waals surface area contributed by atoms with Crippen LogP contribution in [0.1, 0.15) is 18.4 Å². The van der Waals surface area contributed by atoms with Gasteiger partial charge in [0.2, 0.25) is 0 Å². The molecule has 0 spiro atoms. The van der Waals surface area contributed by atoms with E-state index in [1.54, 1.807) is 7.11 Å². The maximum absolute atomic E-state index is 6.77. The van der Waals surface area contributed by atoms with Gasteiger partial charge in [-0.1, -0.05) is 0 Å². The van der Waals surface area contributed by atoms with Gasteiger partial charge in [-0.3, -0.25) is 0 Å². The Morgan fingerprint density at radius 3 is 2.38 bits per heavy atom. The fraction of sp³-hybridized carbons (Fsp3) is 0.400. The number of methoxy groups -OCH3 is 1. The quantitative estimate of drug-likeness (QED) is 0.486. The van der Waals surface area contributed by atoms with Crippen molar-refractivity contribution in [2.24, 2.45) is 0 Å². The Morgan fingerprint density at radius 2 is 1.69 bits per heavy atom. The van der Waals surface area contributed by atoms with Gasteiger partial charge in [0.15, 0.2) is 0 Å². The molecule has 0 N–H and O–H groups in total. The Labute approximate surface area is 166 Å².